The average molecular weight is 500 g/mol. The minimum absolute atomic E-state index is 0.0280. The van der Waals surface area contributed by atoms with Gasteiger partial charge in [0.05, 0.1) is 6.54 Å². The van der Waals surface area contributed by atoms with Crippen LogP contribution in [0.4, 0.5) is 14.7 Å². The van der Waals surface area contributed by atoms with Crippen LogP contribution in [0.5, 0.6) is 5.88 Å². The summed E-state index contributed by atoms with van der Waals surface area (Å²) in [5.74, 6) is -1.36. The largest absolute Gasteiger partial charge is 0.472 e. The van der Waals surface area contributed by atoms with E-state index in [2.05, 4.69) is 20.9 Å². The van der Waals surface area contributed by atoms with Gasteiger partial charge in [0.25, 0.3) is 5.56 Å². The highest BCUT2D eigenvalue weighted by atomic mass is 79.9. The Bertz CT molecular complexity index is 1020. The summed E-state index contributed by atoms with van der Waals surface area (Å²) >= 11 is 3.25. The zero-order valence-corrected chi connectivity index (χ0v) is 18.9. The number of nitrogens with two attached hydrogens (primary N) is 1. The number of carbonyl (C=O) groups excluding carboxylic acids is 1. The number of anilines is 1. The van der Waals surface area contributed by atoms with Gasteiger partial charge in [-0.3, -0.25) is 19.1 Å². The molecule has 3 rings (SSSR count). The van der Waals surface area contributed by atoms with Crippen LogP contribution in [0.15, 0.2) is 27.5 Å². The van der Waals surface area contributed by atoms with Crippen LogP contribution in [-0.4, -0.2) is 53.1 Å². The van der Waals surface area contributed by atoms with Crippen molar-refractivity contribution in [3.05, 3.63) is 50.2 Å². The minimum atomic E-state index is -0.738. The van der Waals surface area contributed by atoms with Gasteiger partial charge in [0, 0.05) is 43.9 Å². The number of halogens is 3. The highest BCUT2D eigenvalue weighted by Crippen LogP contribution is 2.26. The fourth-order valence-electron chi connectivity index (χ4n) is 3.38. The molecule has 1 fully saturated rings. The number of rotatable bonds is 7. The van der Waals surface area contributed by atoms with Crippen LogP contribution in [-0.2, 0) is 11.4 Å². The third-order valence-electron chi connectivity index (χ3n) is 4.94. The van der Waals surface area contributed by atoms with E-state index in [9.17, 15) is 18.4 Å². The second-order valence-corrected chi connectivity index (χ2v) is 8.35. The normalized spacial score (nSPS) is 14.8. The van der Waals surface area contributed by atoms with E-state index < -0.39 is 17.5 Å². The van der Waals surface area contributed by atoms with Crippen molar-refractivity contribution in [1.82, 2.24) is 14.5 Å². The highest BCUT2D eigenvalue weighted by Gasteiger charge is 2.26. The summed E-state index contributed by atoms with van der Waals surface area (Å²) in [6.45, 7) is 5.96. The molecule has 0 saturated carbocycles. The molecular weight excluding hydrogens is 476 g/mol. The molecule has 2 heterocycles. The Kier molecular flexibility index (Phi) is 7.26. The molecule has 1 amide bonds. The van der Waals surface area contributed by atoms with Crippen LogP contribution in [0.2, 0.25) is 0 Å². The predicted octanol–water partition coefficient (Wildman–Crippen LogP) is 2.05. The monoisotopic (exact) mass is 499 g/mol. The minimum Gasteiger partial charge on any atom is -0.472 e. The van der Waals surface area contributed by atoms with Gasteiger partial charge in [-0.15, -0.1) is 0 Å². The van der Waals surface area contributed by atoms with Gasteiger partial charge in [-0.1, -0.05) is 0 Å². The number of hydrogen-bond acceptors (Lipinski definition) is 6. The van der Waals surface area contributed by atoms with Crippen LogP contribution < -0.4 is 20.9 Å². The molecular formula is C20H24BrF2N5O3. The van der Waals surface area contributed by atoms with Gasteiger partial charge in [0.1, 0.15) is 22.7 Å². The van der Waals surface area contributed by atoms with E-state index in [1.54, 1.807) is 4.57 Å². The van der Waals surface area contributed by atoms with Gasteiger partial charge < -0.3 is 15.4 Å². The van der Waals surface area contributed by atoms with Crippen LogP contribution in [0.3, 0.4) is 0 Å². The maximum Gasteiger partial charge on any atom is 0.273 e. The van der Waals surface area contributed by atoms with Crippen LogP contribution in [0, 0.1) is 11.6 Å². The summed E-state index contributed by atoms with van der Waals surface area (Å²) in [5.41, 5.74) is 5.09. The Morgan fingerprint density at radius 2 is 1.94 bits per heavy atom. The van der Waals surface area contributed by atoms with Crippen LogP contribution in [0.25, 0.3) is 0 Å². The van der Waals surface area contributed by atoms with Crippen molar-refractivity contribution in [2.75, 3.05) is 37.6 Å². The summed E-state index contributed by atoms with van der Waals surface area (Å²) in [7, 11) is 0. The fraction of sp³-hybridized carbons (Fsp3) is 0.450. The van der Waals surface area contributed by atoms with E-state index >= 15 is 0 Å². The number of aromatic nitrogens is 2. The number of hydrogen-bond donors (Lipinski definition) is 1. The van der Waals surface area contributed by atoms with Crippen molar-refractivity contribution in [1.29, 1.82) is 0 Å². The van der Waals surface area contributed by atoms with E-state index in [4.69, 9.17) is 10.5 Å². The topological polar surface area (TPSA) is 93.7 Å². The van der Waals surface area contributed by atoms with Gasteiger partial charge in [-0.25, -0.2) is 8.78 Å². The average Bonchev–Trinajstić information content (AvgIpc) is 2.70. The first-order chi connectivity index (χ1) is 14.7. The number of ether oxygens (including phenoxy) is 1. The lowest BCUT2D eigenvalue weighted by atomic mass is 10.2. The number of primary amides is 1. The summed E-state index contributed by atoms with van der Waals surface area (Å²) in [6, 6.07) is 3.03. The Labute approximate surface area is 186 Å². The molecule has 8 nitrogen and oxygen atoms in total. The Morgan fingerprint density at radius 3 is 2.52 bits per heavy atom. The SMILES string of the molecule is CC(C)n1c(N2CCN(CC(N)=O)CC2)nc(OCc2ccc(F)cc2F)c(Br)c1=O. The van der Waals surface area contributed by atoms with Gasteiger partial charge in [-0.05, 0) is 41.9 Å². The van der Waals surface area contributed by atoms with Crippen molar-refractivity contribution >= 4 is 27.8 Å². The lowest BCUT2D eigenvalue weighted by Gasteiger charge is -2.36. The van der Waals surface area contributed by atoms with Crippen molar-refractivity contribution in [3.8, 4) is 5.88 Å². The summed E-state index contributed by atoms with van der Waals surface area (Å²) in [4.78, 5) is 32.6. The van der Waals surface area contributed by atoms with E-state index in [1.165, 1.54) is 6.07 Å². The molecule has 0 unspecified atom stereocenters. The van der Waals surface area contributed by atoms with Crippen LogP contribution >= 0.6 is 15.9 Å². The first kappa shape index (κ1) is 23.1. The molecule has 11 heteroatoms. The Balaban J connectivity index is 1.87. The first-order valence-corrected chi connectivity index (χ1v) is 10.6. The summed E-state index contributed by atoms with van der Waals surface area (Å²) in [6.07, 6.45) is 0. The smallest absolute Gasteiger partial charge is 0.273 e. The van der Waals surface area contributed by atoms with E-state index in [-0.39, 0.29) is 40.7 Å². The molecule has 0 atom stereocenters. The van der Waals surface area contributed by atoms with Gasteiger partial charge in [-0.2, -0.15) is 4.98 Å². The predicted molar refractivity (Wildman–Crippen MR) is 115 cm³/mol. The lowest BCUT2D eigenvalue weighted by Crippen LogP contribution is -2.50. The Hall–Kier alpha value is -2.53. The zero-order valence-electron chi connectivity index (χ0n) is 17.3. The maximum absolute atomic E-state index is 13.9. The highest BCUT2D eigenvalue weighted by molar-refractivity contribution is 9.10. The molecule has 0 bridgehead atoms. The van der Waals surface area contributed by atoms with Crippen molar-refractivity contribution in [3.63, 3.8) is 0 Å². The first-order valence-electron chi connectivity index (χ1n) is 9.81. The van der Waals surface area contributed by atoms with Crippen molar-refractivity contribution in [2.45, 2.75) is 26.5 Å². The van der Waals surface area contributed by atoms with E-state index in [1.807, 2.05) is 23.6 Å². The Morgan fingerprint density at radius 1 is 1.26 bits per heavy atom. The molecule has 1 saturated heterocycles. The summed E-state index contributed by atoms with van der Waals surface area (Å²) in [5, 5.41) is 0. The van der Waals surface area contributed by atoms with Gasteiger partial charge in [0.2, 0.25) is 17.7 Å². The molecule has 0 radical (unpaired) electrons. The van der Waals surface area contributed by atoms with E-state index in [0.717, 1.165) is 12.1 Å². The number of piperazine rings is 1. The second kappa shape index (κ2) is 9.73. The fourth-order valence-corrected chi connectivity index (χ4v) is 3.77. The lowest BCUT2D eigenvalue weighted by molar-refractivity contribution is -0.119. The molecule has 1 aromatic heterocycles. The maximum atomic E-state index is 13.9. The molecule has 1 aliphatic heterocycles. The number of benzene rings is 1. The molecule has 168 valence electrons. The third kappa shape index (κ3) is 5.40. The molecule has 2 aromatic rings. The number of carbonyl (C=O) groups is 1. The molecule has 0 spiro atoms. The summed E-state index contributed by atoms with van der Waals surface area (Å²) < 4.78 is 34.4. The molecule has 0 aliphatic carbocycles. The zero-order chi connectivity index (χ0) is 22.7. The van der Waals surface area contributed by atoms with E-state index in [0.29, 0.717) is 32.1 Å². The van der Waals surface area contributed by atoms with Crippen molar-refractivity contribution in [2.24, 2.45) is 5.73 Å². The third-order valence-corrected chi connectivity index (χ3v) is 5.62. The molecule has 1 aromatic carbocycles. The van der Waals surface area contributed by atoms with Gasteiger partial charge in [0.15, 0.2) is 0 Å². The quantitative estimate of drug-likeness (QED) is 0.626. The standard InChI is InChI=1S/C20H24BrF2N5O3/c1-12(2)28-19(30)17(21)18(31-11-13-3-4-14(22)9-15(13)23)25-20(28)27-7-5-26(6-8-27)10-16(24)29/h3-4,9,12H,5-8,10-11H2,1-2H3,(H2,24,29). The molecule has 2 N–H and O–H groups in total. The molecule has 31 heavy (non-hydrogen) atoms. The number of nitrogens with zero attached hydrogens (tertiary/aromatic N) is 4. The second-order valence-electron chi connectivity index (χ2n) is 7.55. The van der Waals surface area contributed by atoms with Crippen LogP contribution in [0.1, 0.15) is 25.5 Å². The van der Waals surface area contributed by atoms with Crippen molar-refractivity contribution < 1.29 is 18.3 Å². The molecule has 1 aliphatic rings. The van der Waals surface area contributed by atoms with Gasteiger partial charge >= 0.3 is 0 Å². The number of amides is 1.